The van der Waals surface area contributed by atoms with Crippen molar-refractivity contribution < 1.29 is 0 Å². The number of hydrogen-bond acceptors (Lipinski definition) is 2. The molecule has 4 heteroatoms. The van der Waals surface area contributed by atoms with Gasteiger partial charge in [-0.1, -0.05) is 6.92 Å². The third kappa shape index (κ3) is 5.39. The second-order valence-electron chi connectivity index (χ2n) is 6.69. The van der Waals surface area contributed by atoms with E-state index >= 15 is 0 Å². The minimum absolute atomic E-state index is 0.0126. The van der Waals surface area contributed by atoms with E-state index in [1.807, 2.05) is 0 Å². The molecular weight excluding hydrogens is 212 g/mol. The van der Waals surface area contributed by atoms with Crippen LogP contribution in [0.25, 0.3) is 0 Å². The van der Waals surface area contributed by atoms with Gasteiger partial charge in [0, 0.05) is 12.1 Å². The summed E-state index contributed by atoms with van der Waals surface area (Å²) in [4.78, 5) is 6.87. The number of guanidine groups is 1. The van der Waals surface area contributed by atoms with Gasteiger partial charge < -0.3 is 16.0 Å². The van der Waals surface area contributed by atoms with E-state index in [-0.39, 0.29) is 5.54 Å². The van der Waals surface area contributed by atoms with Crippen LogP contribution in [0.15, 0.2) is 4.99 Å². The first-order valence-electron chi connectivity index (χ1n) is 6.47. The molecule has 3 N–H and O–H groups in total. The number of rotatable bonds is 2. The predicted molar refractivity (Wildman–Crippen MR) is 74.2 cm³/mol. The fourth-order valence-electron chi connectivity index (χ4n) is 2.02. The van der Waals surface area contributed by atoms with Gasteiger partial charge in [0.25, 0.3) is 0 Å². The maximum atomic E-state index is 5.89. The highest BCUT2D eigenvalue weighted by atomic mass is 15.1. The molecule has 1 aliphatic rings. The Morgan fingerprint density at radius 3 is 2.35 bits per heavy atom. The molecule has 0 unspecified atom stereocenters. The van der Waals surface area contributed by atoms with Crippen molar-refractivity contribution in [1.29, 1.82) is 0 Å². The molecule has 100 valence electrons. The van der Waals surface area contributed by atoms with Gasteiger partial charge in [-0.2, -0.15) is 0 Å². The SMILES string of the molecule is CN1CCC(C)(CN=C(N)NC(C)(C)C)CC1. The molecule has 0 spiro atoms. The van der Waals surface area contributed by atoms with Crippen molar-refractivity contribution in [3.63, 3.8) is 0 Å². The van der Waals surface area contributed by atoms with Crippen LogP contribution in [0, 0.1) is 5.41 Å². The van der Waals surface area contributed by atoms with Crippen LogP contribution >= 0.6 is 0 Å². The van der Waals surface area contributed by atoms with Crippen LogP contribution in [0.1, 0.15) is 40.5 Å². The number of aliphatic imine (C=N–C) groups is 1. The summed E-state index contributed by atoms with van der Waals surface area (Å²) in [6, 6.07) is 0. The molecule has 0 amide bonds. The maximum absolute atomic E-state index is 5.89. The Kier molecular flexibility index (Phi) is 4.42. The van der Waals surface area contributed by atoms with Crippen molar-refractivity contribution in [3.8, 4) is 0 Å². The van der Waals surface area contributed by atoms with E-state index < -0.39 is 0 Å². The summed E-state index contributed by atoms with van der Waals surface area (Å²) in [5, 5.41) is 3.20. The molecule has 1 heterocycles. The van der Waals surface area contributed by atoms with E-state index in [2.05, 4.69) is 50.0 Å². The Bertz CT molecular complexity index is 270. The molecule has 0 aromatic carbocycles. The van der Waals surface area contributed by atoms with Gasteiger partial charge in [0.1, 0.15) is 0 Å². The van der Waals surface area contributed by atoms with Crippen molar-refractivity contribution >= 4 is 5.96 Å². The Balaban J connectivity index is 2.46. The monoisotopic (exact) mass is 240 g/mol. The summed E-state index contributed by atoms with van der Waals surface area (Å²) in [7, 11) is 2.18. The molecule has 0 aromatic heterocycles. The van der Waals surface area contributed by atoms with E-state index in [0.29, 0.717) is 11.4 Å². The quantitative estimate of drug-likeness (QED) is 0.567. The van der Waals surface area contributed by atoms with Crippen LogP contribution in [-0.4, -0.2) is 43.1 Å². The van der Waals surface area contributed by atoms with Gasteiger partial charge in [0.15, 0.2) is 5.96 Å². The molecule has 0 atom stereocenters. The van der Waals surface area contributed by atoms with Crippen LogP contribution in [-0.2, 0) is 0 Å². The number of nitrogens with one attached hydrogen (secondary N) is 1. The standard InChI is InChI=1S/C13H28N4/c1-12(2,3)16-11(14)15-10-13(4)6-8-17(5)9-7-13/h6-10H2,1-5H3,(H3,14,15,16). The first-order valence-corrected chi connectivity index (χ1v) is 6.47. The molecule has 1 rings (SSSR count). The van der Waals surface area contributed by atoms with Gasteiger partial charge in [-0.3, -0.25) is 4.99 Å². The molecule has 1 saturated heterocycles. The van der Waals surface area contributed by atoms with Crippen LogP contribution in [0.5, 0.6) is 0 Å². The summed E-state index contributed by atoms with van der Waals surface area (Å²) in [6.07, 6.45) is 2.41. The van der Waals surface area contributed by atoms with Crippen LogP contribution < -0.4 is 11.1 Å². The number of nitrogens with zero attached hydrogens (tertiary/aromatic N) is 2. The number of piperidine rings is 1. The Morgan fingerprint density at radius 2 is 1.88 bits per heavy atom. The lowest BCUT2D eigenvalue weighted by atomic mass is 9.80. The third-order valence-corrected chi connectivity index (χ3v) is 3.33. The average Bonchev–Trinajstić information content (AvgIpc) is 2.18. The summed E-state index contributed by atoms with van der Waals surface area (Å²) in [5.41, 5.74) is 6.20. The summed E-state index contributed by atoms with van der Waals surface area (Å²) in [5.74, 6) is 0.567. The maximum Gasteiger partial charge on any atom is 0.189 e. The second kappa shape index (κ2) is 5.25. The van der Waals surface area contributed by atoms with Crippen LogP contribution in [0.4, 0.5) is 0 Å². The van der Waals surface area contributed by atoms with E-state index in [1.54, 1.807) is 0 Å². The van der Waals surface area contributed by atoms with E-state index in [4.69, 9.17) is 5.73 Å². The molecule has 4 nitrogen and oxygen atoms in total. The minimum Gasteiger partial charge on any atom is -0.370 e. The van der Waals surface area contributed by atoms with Crippen molar-refractivity contribution in [2.24, 2.45) is 16.1 Å². The number of hydrogen-bond donors (Lipinski definition) is 2. The molecule has 0 bridgehead atoms. The zero-order chi connectivity index (χ0) is 13.1. The largest absolute Gasteiger partial charge is 0.370 e. The van der Waals surface area contributed by atoms with Crippen molar-refractivity contribution in [2.75, 3.05) is 26.7 Å². The lowest BCUT2D eigenvalue weighted by Crippen LogP contribution is -2.46. The Hall–Kier alpha value is -0.770. The fraction of sp³-hybridized carbons (Fsp3) is 0.923. The fourth-order valence-corrected chi connectivity index (χ4v) is 2.02. The lowest BCUT2D eigenvalue weighted by molar-refractivity contribution is 0.147. The van der Waals surface area contributed by atoms with Gasteiger partial charge in [-0.05, 0) is 59.2 Å². The van der Waals surface area contributed by atoms with E-state index in [9.17, 15) is 0 Å². The summed E-state index contributed by atoms with van der Waals surface area (Å²) >= 11 is 0. The van der Waals surface area contributed by atoms with Crippen LogP contribution in [0.3, 0.4) is 0 Å². The highest BCUT2D eigenvalue weighted by Gasteiger charge is 2.28. The Labute approximate surface area is 106 Å². The van der Waals surface area contributed by atoms with Gasteiger partial charge in [0.2, 0.25) is 0 Å². The first kappa shape index (κ1) is 14.3. The highest BCUT2D eigenvalue weighted by molar-refractivity contribution is 5.78. The molecule has 0 saturated carbocycles. The zero-order valence-corrected chi connectivity index (χ0v) is 12.0. The molecule has 0 aromatic rings. The highest BCUT2D eigenvalue weighted by Crippen LogP contribution is 2.30. The normalized spacial score (nSPS) is 22.5. The number of likely N-dealkylation sites (tertiary alicyclic amines) is 1. The number of nitrogens with two attached hydrogens (primary N) is 1. The molecule has 0 radical (unpaired) electrons. The van der Waals surface area contributed by atoms with Gasteiger partial charge in [0.05, 0.1) is 0 Å². The summed E-state index contributed by atoms with van der Waals surface area (Å²) < 4.78 is 0. The van der Waals surface area contributed by atoms with Crippen molar-refractivity contribution in [3.05, 3.63) is 0 Å². The summed E-state index contributed by atoms with van der Waals surface area (Å²) in [6.45, 7) is 11.7. The van der Waals surface area contributed by atoms with E-state index in [1.165, 1.54) is 25.9 Å². The third-order valence-electron chi connectivity index (χ3n) is 3.33. The van der Waals surface area contributed by atoms with Gasteiger partial charge >= 0.3 is 0 Å². The smallest absolute Gasteiger partial charge is 0.189 e. The molecular formula is C13H28N4. The first-order chi connectivity index (χ1) is 7.70. The molecule has 1 aliphatic heterocycles. The van der Waals surface area contributed by atoms with Crippen LogP contribution in [0.2, 0.25) is 0 Å². The molecule has 0 aliphatic carbocycles. The predicted octanol–water partition coefficient (Wildman–Crippen LogP) is 1.42. The molecule has 17 heavy (non-hydrogen) atoms. The Morgan fingerprint density at radius 1 is 1.35 bits per heavy atom. The average molecular weight is 240 g/mol. The lowest BCUT2D eigenvalue weighted by Gasteiger charge is -2.36. The van der Waals surface area contributed by atoms with Gasteiger partial charge in [-0.15, -0.1) is 0 Å². The topological polar surface area (TPSA) is 53.6 Å². The van der Waals surface area contributed by atoms with E-state index in [0.717, 1.165) is 6.54 Å². The van der Waals surface area contributed by atoms with Gasteiger partial charge in [-0.25, -0.2) is 0 Å². The minimum atomic E-state index is -0.0126. The van der Waals surface area contributed by atoms with Crippen molar-refractivity contribution in [1.82, 2.24) is 10.2 Å². The zero-order valence-electron chi connectivity index (χ0n) is 12.0. The second-order valence-corrected chi connectivity index (χ2v) is 6.69. The van der Waals surface area contributed by atoms with Crippen molar-refractivity contribution in [2.45, 2.75) is 46.1 Å². The molecule has 1 fully saturated rings.